The fourth-order valence-corrected chi connectivity index (χ4v) is 5.21. The van der Waals surface area contributed by atoms with E-state index in [-0.39, 0.29) is 24.1 Å². The molecule has 0 saturated heterocycles. The number of hydrogen-bond acceptors (Lipinski definition) is 6. The molecule has 0 atom stereocenters. The number of fused-ring (bicyclic) bond motifs is 1. The Kier molecular flexibility index (Phi) is 11.4. The van der Waals surface area contributed by atoms with Gasteiger partial charge in [0.15, 0.2) is 5.13 Å². The van der Waals surface area contributed by atoms with Crippen LogP contribution in [0.5, 0.6) is 5.75 Å². The molecule has 3 aromatic rings. The number of amides is 1. The van der Waals surface area contributed by atoms with Crippen LogP contribution in [0.3, 0.4) is 0 Å². The Labute approximate surface area is 209 Å². The molecule has 0 N–H and O–H groups in total. The zero-order valence-corrected chi connectivity index (χ0v) is 21.7. The third-order valence-electron chi connectivity index (χ3n) is 5.27. The number of carbonyl (C=O) groups excluding carboxylic acids is 1. The molecular formula is C24H31ClFN3O2S2. The van der Waals surface area contributed by atoms with Gasteiger partial charge in [-0.05, 0) is 67.7 Å². The van der Waals surface area contributed by atoms with Gasteiger partial charge in [-0.1, -0.05) is 25.2 Å². The summed E-state index contributed by atoms with van der Waals surface area (Å²) < 4.78 is 19.4. The molecule has 0 saturated carbocycles. The van der Waals surface area contributed by atoms with Gasteiger partial charge in [0, 0.05) is 24.4 Å². The Bertz CT molecular complexity index is 1010. The summed E-state index contributed by atoms with van der Waals surface area (Å²) in [7, 11) is 1.65. The molecule has 0 fully saturated rings. The van der Waals surface area contributed by atoms with Crippen molar-refractivity contribution in [2.24, 2.45) is 0 Å². The van der Waals surface area contributed by atoms with Crippen LogP contribution in [-0.4, -0.2) is 54.8 Å². The Hall–Kier alpha value is -1.87. The van der Waals surface area contributed by atoms with Crippen molar-refractivity contribution < 1.29 is 13.9 Å². The van der Waals surface area contributed by atoms with Gasteiger partial charge in [-0.3, -0.25) is 9.69 Å². The minimum Gasteiger partial charge on any atom is -0.497 e. The van der Waals surface area contributed by atoms with Crippen LogP contribution in [-0.2, 0) is 4.79 Å². The first-order valence-electron chi connectivity index (χ1n) is 10.9. The second-order valence-corrected chi connectivity index (χ2v) is 9.49. The standard InChI is InChI=1S/C24H30FN3O2S2.ClH/c1-4-27(5-2)14-15-28(24-26-21-13-10-19(30-3)17-22(21)32-24)23(29)7-6-16-31-20-11-8-18(25)9-12-20;/h8-13,17H,4-7,14-16H2,1-3H3;1H. The Morgan fingerprint density at radius 1 is 1.12 bits per heavy atom. The molecule has 5 nitrogen and oxygen atoms in total. The van der Waals surface area contributed by atoms with Crippen LogP contribution in [0.2, 0.25) is 0 Å². The molecule has 2 aromatic carbocycles. The molecule has 3 rings (SSSR count). The first-order valence-corrected chi connectivity index (χ1v) is 12.7. The van der Waals surface area contributed by atoms with Gasteiger partial charge in [0.05, 0.1) is 17.3 Å². The van der Waals surface area contributed by atoms with Gasteiger partial charge in [-0.25, -0.2) is 9.37 Å². The maximum atomic E-state index is 13.2. The second-order valence-electron chi connectivity index (χ2n) is 7.31. The topological polar surface area (TPSA) is 45.7 Å². The Morgan fingerprint density at radius 3 is 2.52 bits per heavy atom. The van der Waals surface area contributed by atoms with E-state index in [0.29, 0.717) is 13.0 Å². The molecule has 33 heavy (non-hydrogen) atoms. The van der Waals surface area contributed by atoms with E-state index in [1.165, 1.54) is 23.5 Å². The number of likely N-dealkylation sites (N-methyl/N-ethyl adjacent to an activating group) is 1. The summed E-state index contributed by atoms with van der Waals surface area (Å²) in [5, 5.41) is 0.733. The highest BCUT2D eigenvalue weighted by atomic mass is 35.5. The van der Waals surface area contributed by atoms with Crippen LogP contribution >= 0.6 is 35.5 Å². The van der Waals surface area contributed by atoms with E-state index in [0.717, 1.165) is 57.8 Å². The maximum Gasteiger partial charge on any atom is 0.228 e. The minimum absolute atomic E-state index is 0. The summed E-state index contributed by atoms with van der Waals surface area (Å²) in [5.74, 6) is 1.44. The van der Waals surface area contributed by atoms with E-state index in [1.807, 2.05) is 23.1 Å². The number of nitrogens with zero attached hydrogens (tertiary/aromatic N) is 3. The Balaban J connectivity index is 0.00000385. The maximum absolute atomic E-state index is 13.2. The van der Waals surface area contributed by atoms with E-state index in [1.54, 1.807) is 31.0 Å². The number of aromatic nitrogens is 1. The fraction of sp³-hybridized carbons (Fsp3) is 0.417. The smallest absolute Gasteiger partial charge is 0.228 e. The van der Waals surface area contributed by atoms with Gasteiger partial charge in [0.2, 0.25) is 5.91 Å². The largest absolute Gasteiger partial charge is 0.497 e. The van der Waals surface area contributed by atoms with Gasteiger partial charge < -0.3 is 9.64 Å². The number of halogens is 2. The highest BCUT2D eigenvalue weighted by molar-refractivity contribution is 7.99. The van der Waals surface area contributed by atoms with Crippen molar-refractivity contribution in [3.8, 4) is 5.75 Å². The number of benzene rings is 2. The lowest BCUT2D eigenvalue weighted by atomic mass is 10.3. The molecule has 1 amide bonds. The second kappa shape index (κ2) is 13.7. The lowest BCUT2D eigenvalue weighted by Crippen LogP contribution is -2.38. The van der Waals surface area contributed by atoms with Gasteiger partial charge >= 0.3 is 0 Å². The summed E-state index contributed by atoms with van der Waals surface area (Å²) in [6.45, 7) is 7.58. The lowest BCUT2D eigenvalue weighted by Gasteiger charge is -2.24. The van der Waals surface area contributed by atoms with Crippen molar-refractivity contribution >= 4 is 56.8 Å². The van der Waals surface area contributed by atoms with Crippen LogP contribution in [0, 0.1) is 5.82 Å². The molecule has 0 aliphatic heterocycles. The first-order chi connectivity index (χ1) is 15.5. The van der Waals surface area contributed by atoms with E-state index >= 15 is 0 Å². The van der Waals surface area contributed by atoms with Gasteiger partial charge in [-0.2, -0.15) is 0 Å². The normalized spacial score (nSPS) is 10.9. The average Bonchev–Trinajstić information content (AvgIpc) is 3.23. The molecule has 0 aliphatic carbocycles. The van der Waals surface area contributed by atoms with Crippen molar-refractivity contribution in [3.05, 3.63) is 48.3 Å². The monoisotopic (exact) mass is 511 g/mol. The zero-order chi connectivity index (χ0) is 22.9. The SMILES string of the molecule is CCN(CC)CCN(C(=O)CCCSc1ccc(F)cc1)c1nc2ccc(OC)cc2s1.Cl. The van der Waals surface area contributed by atoms with Crippen molar-refractivity contribution in [1.82, 2.24) is 9.88 Å². The number of thiazole rings is 1. The molecule has 0 radical (unpaired) electrons. The molecule has 1 heterocycles. The quantitative estimate of drug-likeness (QED) is 0.217. The van der Waals surface area contributed by atoms with Crippen LogP contribution in [0.15, 0.2) is 47.4 Å². The Morgan fingerprint density at radius 2 is 1.85 bits per heavy atom. The van der Waals surface area contributed by atoms with E-state index in [9.17, 15) is 9.18 Å². The summed E-state index contributed by atoms with van der Waals surface area (Å²) in [6, 6.07) is 12.3. The van der Waals surface area contributed by atoms with Gasteiger partial charge in [0.25, 0.3) is 0 Å². The van der Waals surface area contributed by atoms with Gasteiger partial charge in [-0.15, -0.1) is 24.2 Å². The summed E-state index contributed by atoms with van der Waals surface area (Å²) >= 11 is 3.16. The molecule has 0 spiro atoms. The molecule has 9 heteroatoms. The molecule has 0 unspecified atom stereocenters. The van der Waals surface area contributed by atoms with Crippen LogP contribution in [0.4, 0.5) is 9.52 Å². The lowest BCUT2D eigenvalue weighted by molar-refractivity contribution is -0.118. The molecule has 180 valence electrons. The van der Waals surface area contributed by atoms with Crippen LogP contribution < -0.4 is 9.64 Å². The highest BCUT2D eigenvalue weighted by Crippen LogP contribution is 2.32. The molecule has 0 aliphatic rings. The van der Waals surface area contributed by atoms with E-state index < -0.39 is 0 Å². The zero-order valence-electron chi connectivity index (χ0n) is 19.3. The third-order valence-corrected chi connectivity index (χ3v) is 7.41. The number of rotatable bonds is 12. The summed E-state index contributed by atoms with van der Waals surface area (Å²) in [5.41, 5.74) is 0.873. The van der Waals surface area contributed by atoms with Crippen molar-refractivity contribution in [2.75, 3.05) is 43.9 Å². The molecule has 0 bridgehead atoms. The fourth-order valence-electron chi connectivity index (χ4n) is 3.32. The predicted molar refractivity (Wildman–Crippen MR) is 140 cm³/mol. The van der Waals surface area contributed by atoms with Crippen LogP contribution in [0.1, 0.15) is 26.7 Å². The third kappa shape index (κ3) is 7.84. The average molecular weight is 512 g/mol. The van der Waals surface area contributed by atoms with Crippen molar-refractivity contribution in [1.29, 1.82) is 0 Å². The van der Waals surface area contributed by atoms with E-state index in [4.69, 9.17) is 9.72 Å². The first kappa shape index (κ1) is 27.4. The number of methoxy groups -OCH3 is 1. The highest BCUT2D eigenvalue weighted by Gasteiger charge is 2.20. The predicted octanol–water partition coefficient (Wildman–Crippen LogP) is 6.11. The van der Waals surface area contributed by atoms with E-state index in [2.05, 4.69) is 18.7 Å². The van der Waals surface area contributed by atoms with Gasteiger partial charge in [0.1, 0.15) is 11.6 Å². The van der Waals surface area contributed by atoms with Crippen molar-refractivity contribution in [3.63, 3.8) is 0 Å². The number of anilines is 1. The number of thioether (sulfide) groups is 1. The molecule has 1 aromatic heterocycles. The number of hydrogen-bond donors (Lipinski definition) is 0. The van der Waals surface area contributed by atoms with Crippen molar-refractivity contribution in [2.45, 2.75) is 31.6 Å². The number of ether oxygens (including phenoxy) is 1. The molecular weight excluding hydrogens is 481 g/mol. The number of carbonyl (C=O) groups is 1. The minimum atomic E-state index is -0.234. The summed E-state index contributed by atoms with van der Waals surface area (Å²) in [6.07, 6.45) is 1.20. The summed E-state index contributed by atoms with van der Waals surface area (Å²) in [4.78, 5) is 23.1. The van der Waals surface area contributed by atoms with Crippen LogP contribution in [0.25, 0.3) is 10.2 Å².